The van der Waals surface area contributed by atoms with Gasteiger partial charge in [-0.25, -0.2) is 16.8 Å². The molecule has 1 saturated heterocycles. The van der Waals surface area contributed by atoms with E-state index in [1.54, 1.807) is 0 Å². The molecule has 1 rings (SSSR count). The molecule has 0 bridgehead atoms. The highest BCUT2D eigenvalue weighted by Crippen LogP contribution is 2.25. The Bertz CT molecular complexity index is 460. The molecule has 1 fully saturated rings. The maximum Gasteiger partial charge on any atom is 0.215 e. The van der Waals surface area contributed by atoms with E-state index in [1.165, 1.54) is 4.31 Å². The molecule has 5 nitrogen and oxygen atoms in total. The molecule has 0 amide bonds. The van der Waals surface area contributed by atoms with Gasteiger partial charge in [-0.3, -0.25) is 0 Å². The van der Waals surface area contributed by atoms with Gasteiger partial charge in [0.15, 0.2) is 0 Å². The predicted molar refractivity (Wildman–Crippen MR) is 76.3 cm³/mol. The smallest absolute Gasteiger partial charge is 0.215 e. The topological polar surface area (TPSA) is 71.5 Å². The summed E-state index contributed by atoms with van der Waals surface area (Å²) >= 11 is 3.34. The molecule has 0 aromatic carbocycles. The first kappa shape index (κ1) is 16.4. The fraction of sp³-hybridized carbons (Fsp3) is 1.00. The van der Waals surface area contributed by atoms with Crippen molar-refractivity contribution in [2.75, 3.05) is 29.6 Å². The van der Waals surface area contributed by atoms with Crippen molar-refractivity contribution >= 4 is 35.8 Å². The molecule has 0 aliphatic carbocycles. The van der Waals surface area contributed by atoms with Crippen LogP contribution in [-0.4, -0.2) is 56.8 Å². The van der Waals surface area contributed by atoms with Gasteiger partial charge in [-0.1, -0.05) is 15.9 Å². The predicted octanol–water partition coefficient (Wildman–Crippen LogP) is 1.00. The van der Waals surface area contributed by atoms with Crippen LogP contribution < -0.4 is 0 Å². The molecule has 0 spiro atoms. The van der Waals surface area contributed by atoms with Gasteiger partial charge < -0.3 is 0 Å². The van der Waals surface area contributed by atoms with Gasteiger partial charge in [0.2, 0.25) is 10.0 Å². The van der Waals surface area contributed by atoms with Gasteiger partial charge in [0.05, 0.1) is 11.5 Å². The van der Waals surface area contributed by atoms with Crippen LogP contribution in [0.25, 0.3) is 0 Å². The first-order valence-corrected chi connectivity index (χ1v) is 10.8. The monoisotopic (exact) mass is 361 g/mol. The van der Waals surface area contributed by atoms with E-state index in [9.17, 15) is 16.8 Å². The molecule has 1 aliphatic rings. The lowest BCUT2D eigenvalue weighted by Crippen LogP contribution is -2.38. The Morgan fingerprint density at radius 3 is 2.44 bits per heavy atom. The molecule has 0 radical (unpaired) electrons. The molecule has 1 atom stereocenters. The van der Waals surface area contributed by atoms with Crippen LogP contribution in [0.2, 0.25) is 0 Å². The van der Waals surface area contributed by atoms with Crippen LogP contribution in [0.5, 0.6) is 0 Å². The highest BCUT2D eigenvalue weighted by molar-refractivity contribution is 9.09. The Hall–Kier alpha value is 0.340. The van der Waals surface area contributed by atoms with Crippen LogP contribution in [0.4, 0.5) is 0 Å². The largest absolute Gasteiger partial charge is 0.229 e. The lowest BCUT2D eigenvalue weighted by atomic mass is 10.1. The van der Waals surface area contributed by atoms with Crippen molar-refractivity contribution in [3.8, 4) is 0 Å². The minimum Gasteiger partial charge on any atom is -0.229 e. The van der Waals surface area contributed by atoms with Crippen molar-refractivity contribution in [1.29, 1.82) is 0 Å². The van der Waals surface area contributed by atoms with Crippen molar-refractivity contribution in [3.05, 3.63) is 0 Å². The highest BCUT2D eigenvalue weighted by atomic mass is 79.9. The third-order valence-electron chi connectivity index (χ3n) is 3.06. The number of hydrogen-bond acceptors (Lipinski definition) is 4. The molecule has 0 saturated carbocycles. The second-order valence-corrected chi connectivity index (χ2v) is 9.78. The summed E-state index contributed by atoms with van der Waals surface area (Å²) in [5.41, 5.74) is 0. The Labute approximate surface area is 118 Å². The van der Waals surface area contributed by atoms with Crippen molar-refractivity contribution in [3.63, 3.8) is 0 Å². The van der Waals surface area contributed by atoms with Crippen LogP contribution in [0.1, 0.15) is 25.7 Å². The van der Waals surface area contributed by atoms with E-state index < -0.39 is 19.9 Å². The third kappa shape index (κ3) is 5.14. The van der Waals surface area contributed by atoms with Gasteiger partial charge in [-0.15, -0.1) is 0 Å². The highest BCUT2D eigenvalue weighted by Gasteiger charge is 2.33. The standard InChI is InChI=1S/C10H20BrNO4S2/c1-17(13,14)8-9-18(15,16)12-7-3-5-10(12)4-2-6-11/h10H,2-9H2,1H3. The molecule has 0 N–H and O–H groups in total. The van der Waals surface area contributed by atoms with Crippen molar-refractivity contribution in [2.24, 2.45) is 0 Å². The number of rotatable bonds is 7. The Morgan fingerprint density at radius 1 is 1.22 bits per heavy atom. The van der Waals surface area contributed by atoms with E-state index in [1.807, 2.05) is 0 Å². The first-order chi connectivity index (χ1) is 8.26. The van der Waals surface area contributed by atoms with E-state index in [2.05, 4.69) is 15.9 Å². The lowest BCUT2D eigenvalue weighted by Gasteiger charge is -2.23. The molecular weight excluding hydrogens is 342 g/mol. The molecule has 1 unspecified atom stereocenters. The zero-order valence-corrected chi connectivity index (χ0v) is 13.7. The molecule has 8 heteroatoms. The van der Waals surface area contributed by atoms with Gasteiger partial charge >= 0.3 is 0 Å². The number of sulfone groups is 1. The zero-order chi connectivity index (χ0) is 13.8. The summed E-state index contributed by atoms with van der Waals surface area (Å²) in [7, 11) is -6.67. The minimum absolute atomic E-state index is 0.0483. The van der Waals surface area contributed by atoms with Crippen molar-refractivity contribution in [1.82, 2.24) is 4.31 Å². The summed E-state index contributed by atoms with van der Waals surface area (Å²) in [5.74, 6) is -0.590. The van der Waals surface area contributed by atoms with Gasteiger partial charge in [-0.05, 0) is 25.7 Å². The van der Waals surface area contributed by atoms with Crippen LogP contribution in [0.15, 0.2) is 0 Å². The number of sulfonamides is 1. The second kappa shape index (κ2) is 6.67. The fourth-order valence-electron chi connectivity index (χ4n) is 2.15. The fourth-order valence-corrected chi connectivity index (χ4v) is 5.83. The zero-order valence-electron chi connectivity index (χ0n) is 10.5. The second-order valence-electron chi connectivity index (χ2n) is 4.68. The summed E-state index contributed by atoms with van der Waals surface area (Å²) in [6.07, 6.45) is 4.58. The summed E-state index contributed by atoms with van der Waals surface area (Å²) in [4.78, 5) is 0. The molecule has 0 aromatic rings. The maximum atomic E-state index is 12.1. The number of nitrogens with zero attached hydrogens (tertiary/aromatic N) is 1. The summed E-state index contributed by atoms with van der Waals surface area (Å²) in [6.45, 7) is 0.527. The quantitative estimate of drug-likeness (QED) is 0.634. The Morgan fingerprint density at radius 2 is 1.89 bits per heavy atom. The van der Waals surface area contributed by atoms with Crippen molar-refractivity contribution in [2.45, 2.75) is 31.7 Å². The summed E-state index contributed by atoms with van der Waals surface area (Å²) in [6, 6.07) is 0.0483. The van der Waals surface area contributed by atoms with Crippen molar-refractivity contribution < 1.29 is 16.8 Å². The third-order valence-corrected chi connectivity index (χ3v) is 6.74. The van der Waals surface area contributed by atoms with Crippen LogP contribution in [-0.2, 0) is 19.9 Å². The average molecular weight is 362 g/mol. The van der Waals surface area contributed by atoms with Gasteiger partial charge in [0.1, 0.15) is 9.84 Å². The summed E-state index contributed by atoms with van der Waals surface area (Å²) in [5, 5.41) is 0.862. The molecule has 18 heavy (non-hydrogen) atoms. The molecule has 0 aromatic heterocycles. The van der Waals surface area contributed by atoms with Gasteiger partial charge in [0, 0.05) is 24.2 Å². The van der Waals surface area contributed by atoms with Crippen LogP contribution >= 0.6 is 15.9 Å². The minimum atomic E-state index is -3.43. The number of alkyl halides is 1. The number of halogens is 1. The maximum absolute atomic E-state index is 12.1. The van der Waals surface area contributed by atoms with Crippen LogP contribution in [0.3, 0.4) is 0 Å². The molecule has 1 heterocycles. The Kier molecular flexibility index (Phi) is 6.08. The van der Waals surface area contributed by atoms with Gasteiger partial charge in [0.25, 0.3) is 0 Å². The lowest BCUT2D eigenvalue weighted by molar-refractivity contribution is 0.369. The van der Waals surface area contributed by atoms with E-state index in [-0.39, 0.29) is 17.5 Å². The van der Waals surface area contributed by atoms with Gasteiger partial charge in [-0.2, -0.15) is 4.31 Å². The van der Waals surface area contributed by atoms with E-state index in [0.29, 0.717) is 6.54 Å². The van der Waals surface area contributed by atoms with Crippen LogP contribution in [0, 0.1) is 0 Å². The molecule has 1 aliphatic heterocycles. The van der Waals surface area contributed by atoms with E-state index in [0.717, 1.165) is 37.3 Å². The van der Waals surface area contributed by atoms with E-state index >= 15 is 0 Å². The molecular formula is C10H20BrNO4S2. The SMILES string of the molecule is CS(=O)(=O)CCS(=O)(=O)N1CCCC1CCCBr. The van der Waals surface area contributed by atoms with E-state index in [4.69, 9.17) is 0 Å². The average Bonchev–Trinajstić information content (AvgIpc) is 2.72. The Balaban J connectivity index is 2.65. The normalized spacial score (nSPS) is 22.4. The summed E-state index contributed by atoms with van der Waals surface area (Å²) < 4.78 is 47.8. The number of hydrogen-bond donors (Lipinski definition) is 0. The first-order valence-electron chi connectivity index (χ1n) is 5.99. The molecule has 108 valence electrons.